The van der Waals surface area contributed by atoms with E-state index in [-0.39, 0.29) is 5.97 Å². The van der Waals surface area contributed by atoms with E-state index in [1.807, 2.05) is 0 Å². The van der Waals surface area contributed by atoms with Gasteiger partial charge in [0.05, 0.1) is 6.61 Å². The summed E-state index contributed by atoms with van der Waals surface area (Å²) < 4.78 is 13.9. The molecule has 3 nitrogen and oxygen atoms in total. The van der Waals surface area contributed by atoms with Gasteiger partial charge < -0.3 is 8.85 Å². The van der Waals surface area contributed by atoms with Gasteiger partial charge in [-0.05, 0) is 41.2 Å². The van der Waals surface area contributed by atoms with Crippen molar-refractivity contribution in [3.63, 3.8) is 0 Å². The Morgan fingerprint density at radius 1 is 0.694 bits per heavy atom. The lowest BCUT2D eigenvalue weighted by Gasteiger charge is -2.55. The first-order chi connectivity index (χ1) is 17.6. The molecule has 0 aromatic rings. The number of hydrogen-bond donors (Lipinski definition) is 0. The molecular weight excluding hydrogens is 477 g/mol. The van der Waals surface area contributed by atoms with Crippen LogP contribution in [0.3, 0.4) is 0 Å². The van der Waals surface area contributed by atoms with E-state index in [1.165, 1.54) is 141 Å². The average Bonchev–Trinajstić information content (AvgIpc) is 2.96. The third-order valence-corrected chi connectivity index (χ3v) is 23.7. The van der Waals surface area contributed by atoms with Gasteiger partial charge in [0.1, 0.15) is 0 Å². The van der Waals surface area contributed by atoms with Gasteiger partial charge in [0.2, 0.25) is 0 Å². The summed E-state index contributed by atoms with van der Waals surface area (Å²) in [5.41, 5.74) is 3.44. The molecule has 4 fully saturated rings. The molecule has 4 aliphatic carbocycles. The molecule has 36 heavy (non-hydrogen) atoms. The fourth-order valence-corrected chi connectivity index (χ4v) is 24.1. The zero-order valence-electron chi connectivity index (χ0n) is 23.6. The molecule has 0 unspecified atom stereocenters. The van der Waals surface area contributed by atoms with E-state index in [9.17, 15) is 4.79 Å². The molecule has 0 N–H and O–H groups in total. The monoisotopic (exact) mass is 532 g/mol. The third kappa shape index (κ3) is 6.97. The van der Waals surface area contributed by atoms with Gasteiger partial charge in [-0.1, -0.05) is 135 Å². The Kier molecular flexibility index (Phi) is 11.2. The van der Waals surface area contributed by atoms with Crippen LogP contribution in [0.1, 0.15) is 135 Å². The Labute approximate surface area is 224 Å². The van der Waals surface area contributed by atoms with Crippen LogP contribution in [-0.4, -0.2) is 29.2 Å². The number of ether oxygens (including phenoxy) is 1. The largest absolute Gasteiger partial charge is 0.463 e. The second kappa shape index (κ2) is 14.1. The molecule has 4 aliphatic rings. The van der Waals surface area contributed by atoms with Crippen LogP contribution in [0.4, 0.5) is 0 Å². The molecule has 5 heteroatoms. The molecule has 0 saturated heterocycles. The molecule has 0 spiro atoms. The highest BCUT2D eigenvalue weighted by molar-refractivity contribution is 6.89. The summed E-state index contributed by atoms with van der Waals surface area (Å²) in [4.78, 5) is 11.8. The van der Waals surface area contributed by atoms with Gasteiger partial charge in [-0.25, -0.2) is 4.79 Å². The van der Waals surface area contributed by atoms with Crippen LogP contribution < -0.4 is 0 Å². The maximum Gasteiger partial charge on any atom is 0.330 e. The van der Waals surface area contributed by atoms with Crippen molar-refractivity contribution in [2.24, 2.45) is 0 Å². The van der Waals surface area contributed by atoms with Crippen molar-refractivity contribution >= 4 is 22.6 Å². The molecule has 0 aliphatic heterocycles. The van der Waals surface area contributed by atoms with E-state index in [2.05, 4.69) is 13.1 Å². The number of carbonyl (C=O) groups is 1. The topological polar surface area (TPSA) is 35.5 Å². The predicted molar refractivity (Wildman–Crippen MR) is 156 cm³/mol. The van der Waals surface area contributed by atoms with Gasteiger partial charge >= 0.3 is 5.97 Å². The second-order valence-corrected chi connectivity index (χ2v) is 21.9. The van der Waals surface area contributed by atoms with Crippen LogP contribution in [0.25, 0.3) is 0 Å². The van der Waals surface area contributed by atoms with E-state index in [0.29, 0.717) is 6.61 Å². The lowest BCUT2D eigenvalue weighted by atomic mass is 9.99. The summed E-state index contributed by atoms with van der Waals surface area (Å²) in [6, 6.07) is 1.23. The Morgan fingerprint density at radius 2 is 1.08 bits per heavy atom. The molecule has 0 amide bonds. The van der Waals surface area contributed by atoms with Gasteiger partial charge in [-0.15, -0.1) is 0 Å². The lowest BCUT2D eigenvalue weighted by molar-refractivity contribution is -0.137. The first-order valence-corrected chi connectivity index (χ1v) is 20.9. The maximum absolute atomic E-state index is 11.8. The van der Waals surface area contributed by atoms with Gasteiger partial charge in [0.25, 0.3) is 0 Å². The second-order valence-electron chi connectivity index (χ2n) is 13.1. The van der Waals surface area contributed by atoms with E-state index in [1.54, 1.807) is 0 Å². The van der Waals surface area contributed by atoms with Crippen LogP contribution in [0.5, 0.6) is 0 Å². The van der Waals surface area contributed by atoms with E-state index in [0.717, 1.165) is 28.6 Å². The minimum absolute atomic E-state index is 0.262. The SMILES string of the molecule is C=CC(=O)OCCC[Si](O[Si](C)(C1CCCCC1)C1CCCCC1)(C1CCCCC1)C1CCCCC1. The van der Waals surface area contributed by atoms with E-state index < -0.39 is 16.6 Å². The molecule has 0 bridgehead atoms. The minimum Gasteiger partial charge on any atom is -0.463 e. The van der Waals surface area contributed by atoms with Crippen LogP contribution in [0, 0.1) is 0 Å². The molecule has 206 valence electrons. The predicted octanol–water partition coefficient (Wildman–Crippen LogP) is 9.98. The molecule has 4 rings (SSSR count). The van der Waals surface area contributed by atoms with Crippen LogP contribution in [0.15, 0.2) is 12.7 Å². The zero-order chi connectivity index (χ0) is 25.3. The summed E-state index contributed by atoms with van der Waals surface area (Å²) in [7, 11) is -3.94. The first kappa shape index (κ1) is 28.6. The molecule has 4 saturated carbocycles. The minimum atomic E-state index is -2.03. The first-order valence-electron chi connectivity index (χ1n) is 16.1. The van der Waals surface area contributed by atoms with E-state index in [4.69, 9.17) is 8.85 Å². The van der Waals surface area contributed by atoms with Crippen LogP contribution in [-0.2, 0) is 13.6 Å². The number of rotatable bonds is 11. The Hall–Kier alpha value is -0.396. The average molecular weight is 533 g/mol. The molecule has 0 radical (unpaired) electrons. The van der Waals surface area contributed by atoms with Gasteiger partial charge in [-0.2, -0.15) is 0 Å². The quantitative estimate of drug-likeness (QED) is 0.115. The Balaban J connectivity index is 1.67. The number of carbonyl (C=O) groups excluding carboxylic acids is 1. The molecule has 0 aromatic carbocycles. The standard InChI is InChI=1S/C31H56O3Si2/c1-3-31(32)33-25-16-26-36(29-21-12-6-13-22-29,30-23-14-7-15-24-30)34-35(2,27-17-8-4-9-18-27)28-19-10-5-11-20-28/h3,27-30H,1,4-26H2,2H3. The normalized spacial score (nSPS) is 24.5. The summed E-state index contributed by atoms with van der Waals surface area (Å²) in [5.74, 6) is -0.262. The van der Waals surface area contributed by atoms with Crippen molar-refractivity contribution < 1.29 is 13.6 Å². The molecule has 0 heterocycles. The van der Waals surface area contributed by atoms with Gasteiger partial charge in [-0.3, -0.25) is 0 Å². The highest BCUT2D eigenvalue weighted by atomic mass is 28.4. The zero-order valence-corrected chi connectivity index (χ0v) is 25.6. The summed E-state index contributed by atoms with van der Waals surface area (Å²) in [6.45, 7) is 6.91. The van der Waals surface area contributed by atoms with Crippen molar-refractivity contribution in [1.82, 2.24) is 0 Å². The highest BCUT2D eigenvalue weighted by Gasteiger charge is 2.56. The van der Waals surface area contributed by atoms with Crippen molar-refractivity contribution in [2.75, 3.05) is 6.61 Å². The number of hydrogen-bond acceptors (Lipinski definition) is 3. The van der Waals surface area contributed by atoms with Crippen molar-refractivity contribution in [2.45, 2.75) is 170 Å². The smallest absolute Gasteiger partial charge is 0.330 e. The summed E-state index contributed by atoms with van der Waals surface area (Å²) in [5, 5.41) is 0. The van der Waals surface area contributed by atoms with Crippen molar-refractivity contribution in [3.05, 3.63) is 12.7 Å². The lowest BCUT2D eigenvalue weighted by Crippen LogP contribution is -2.60. The highest BCUT2D eigenvalue weighted by Crippen LogP contribution is 2.57. The number of esters is 1. The molecule has 0 atom stereocenters. The van der Waals surface area contributed by atoms with Crippen molar-refractivity contribution in [3.8, 4) is 0 Å². The van der Waals surface area contributed by atoms with Crippen molar-refractivity contribution in [1.29, 1.82) is 0 Å². The van der Waals surface area contributed by atoms with Crippen LogP contribution >= 0.6 is 0 Å². The third-order valence-electron chi connectivity index (χ3n) is 11.0. The summed E-state index contributed by atoms with van der Waals surface area (Å²) in [6.07, 6.45) is 30.8. The van der Waals surface area contributed by atoms with Crippen LogP contribution in [0.2, 0.25) is 34.8 Å². The fraction of sp³-hybridized carbons (Fsp3) is 0.903. The van der Waals surface area contributed by atoms with Gasteiger partial charge in [0.15, 0.2) is 16.6 Å². The Morgan fingerprint density at radius 3 is 1.47 bits per heavy atom. The Bertz CT molecular complexity index is 635. The van der Waals surface area contributed by atoms with E-state index >= 15 is 0 Å². The summed E-state index contributed by atoms with van der Waals surface area (Å²) >= 11 is 0. The maximum atomic E-state index is 11.8. The molecule has 0 aromatic heterocycles. The molecular formula is C31H56O3Si2. The van der Waals surface area contributed by atoms with Gasteiger partial charge in [0, 0.05) is 6.08 Å². The fourth-order valence-electron chi connectivity index (χ4n) is 8.98.